The van der Waals surface area contributed by atoms with Gasteiger partial charge in [0.2, 0.25) is 0 Å². The second kappa shape index (κ2) is 4.50. The number of rotatable bonds is 2. The first-order valence-corrected chi connectivity index (χ1v) is 5.17. The Balaban J connectivity index is 2.31. The van der Waals surface area contributed by atoms with E-state index in [-0.39, 0.29) is 0 Å². The zero-order chi connectivity index (χ0) is 8.97. The lowest BCUT2D eigenvalue weighted by atomic mass is 9.76. The largest absolute Gasteiger partial charge is 0.198 e. The topological polar surface area (TPSA) is 23.8 Å². The molecule has 0 N–H and O–H groups in total. The van der Waals surface area contributed by atoms with E-state index in [1.54, 1.807) is 0 Å². The third-order valence-electron chi connectivity index (χ3n) is 3.40. The first-order chi connectivity index (χ1) is 5.77. The van der Waals surface area contributed by atoms with Gasteiger partial charge >= 0.3 is 0 Å². The Morgan fingerprint density at radius 2 is 1.92 bits per heavy atom. The summed E-state index contributed by atoms with van der Waals surface area (Å²) in [5.41, 5.74) is 0. The minimum Gasteiger partial charge on any atom is -0.198 e. The summed E-state index contributed by atoms with van der Waals surface area (Å²) in [4.78, 5) is 0. The molecule has 1 rings (SSSR count). The van der Waals surface area contributed by atoms with Crippen molar-refractivity contribution in [2.24, 2.45) is 17.8 Å². The highest BCUT2D eigenvalue weighted by Crippen LogP contribution is 2.33. The molecule has 1 atom stereocenters. The van der Waals surface area contributed by atoms with Crippen molar-refractivity contribution in [1.29, 1.82) is 5.26 Å². The first kappa shape index (κ1) is 9.58. The van der Waals surface area contributed by atoms with Crippen LogP contribution in [-0.4, -0.2) is 0 Å². The lowest BCUT2D eigenvalue weighted by Gasteiger charge is -2.28. The molecule has 0 aromatic carbocycles. The molecule has 0 amide bonds. The highest BCUT2D eigenvalue weighted by molar-refractivity contribution is 4.87. The predicted octanol–water partition coefficient (Wildman–Crippen LogP) is 3.36. The fourth-order valence-electron chi connectivity index (χ4n) is 2.15. The molecule has 68 valence electrons. The van der Waals surface area contributed by atoms with Crippen LogP contribution in [0.4, 0.5) is 0 Å². The smallest absolute Gasteiger partial charge is 0.0655 e. The molecule has 0 radical (unpaired) electrons. The number of hydrogen-bond acceptors (Lipinski definition) is 1. The van der Waals surface area contributed by atoms with Gasteiger partial charge in [0.15, 0.2) is 0 Å². The van der Waals surface area contributed by atoms with E-state index in [1.807, 2.05) is 0 Å². The molecule has 0 aromatic rings. The van der Waals surface area contributed by atoms with E-state index in [9.17, 15) is 0 Å². The monoisotopic (exact) mass is 165 g/mol. The van der Waals surface area contributed by atoms with Gasteiger partial charge in [-0.25, -0.2) is 0 Å². The van der Waals surface area contributed by atoms with Crippen LogP contribution in [0.5, 0.6) is 0 Å². The highest BCUT2D eigenvalue weighted by Gasteiger charge is 2.23. The molecule has 1 unspecified atom stereocenters. The van der Waals surface area contributed by atoms with Crippen molar-refractivity contribution in [3.8, 4) is 6.07 Å². The van der Waals surface area contributed by atoms with Gasteiger partial charge in [-0.3, -0.25) is 0 Å². The minimum atomic E-state index is 0.366. The molecule has 1 nitrogen and oxygen atoms in total. The van der Waals surface area contributed by atoms with Crippen LogP contribution in [0.15, 0.2) is 0 Å². The molecule has 1 aliphatic rings. The van der Waals surface area contributed by atoms with Gasteiger partial charge < -0.3 is 0 Å². The Kier molecular flexibility index (Phi) is 3.59. The van der Waals surface area contributed by atoms with Crippen LogP contribution in [0.3, 0.4) is 0 Å². The van der Waals surface area contributed by atoms with Crippen molar-refractivity contribution in [2.75, 3.05) is 0 Å². The summed E-state index contributed by atoms with van der Waals surface area (Å²) in [6, 6.07) is 2.38. The van der Waals surface area contributed by atoms with Crippen molar-refractivity contribution in [3.63, 3.8) is 0 Å². The molecule has 1 saturated carbocycles. The molecule has 1 heteroatoms. The first-order valence-electron chi connectivity index (χ1n) is 5.17. The van der Waals surface area contributed by atoms with E-state index in [4.69, 9.17) is 5.26 Å². The zero-order valence-electron chi connectivity index (χ0n) is 8.21. The van der Waals surface area contributed by atoms with E-state index in [1.165, 1.54) is 19.3 Å². The molecular weight excluding hydrogens is 146 g/mol. The van der Waals surface area contributed by atoms with E-state index >= 15 is 0 Å². The summed E-state index contributed by atoms with van der Waals surface area (Å²) in [6.45, 7) is 4.61. The molecule has 12 heavy (non-hydrogen) atoms. The van der Waals surface area contributed by atoms with Crippen LogP contribution in [0.25, 0.3) is 0 Å². The van der Waals surface area contributed by atoms with Crippen molar-refractivity contribution < 1.29 is 0 Å². The highest BCUT2D eigenvalue weighted by atomic mass is 14.3. The molecule has 1 fully saturated rings. The summed E-state index contributed by atoms with van der Waals surface area (Å²) in [7, 11) is 0. The van der Waals surface area contributed by atoms with Gasteiger partial charge in [0, 0.05) is 5.92 Å². The van der Waals surface area contributed by atoms with Gasteiger partial charge in [-0.15, -0.1) is 0 Å². The summed E-state index contributed by atoms with van der Waals surface area (Å²) in [5.74, 6) is 2.13. The van der Waals surface area contributed by atoms with Gasteiger partial charge in [0.25, 0.3) is 0 Å². The Morgan fingerprint density at radius 1 is 1.33 bits per heavy atom. The van der Waals surface area contributed by atoms with Gasteiger partial charge in [-0.05, 0) is 37.5 Å². The van der Waals surface area contributed by atoms with Crippen molar-refractivity contribution in [2.45, 2.75) is 46.0 Å². The third kappa shape index (κ3) is 2.24. The lowest BCUT2D eigenvalue weighted by molar-refractivity contribution is 0.234. The van der Waals surface area contributed by atoms with E-state index < -0.39 is 0 Å². The number of hydrogen-bond donors (Lipinski definition) is 0. The van der Waals surface area contributed by atoms with E-state index in [0.29, 0.717) is 5.92 Å². The molecule has 0 aromatic heterocycles. The van der Waals surface area contributed by atoms with Gasteiger partial charge in [-0.2, -0.15) is 5.26 Å². The second-order valence-corrected chi connectivity index (χ2v) is 4.13. The van der Waals surface area contributed by atoms with Gasteiger partial charge in [0.05, 0.1) is 6.07 Å². The quantitative estimate of drug-likeness (QED) is 0.615. The summed E-state index contributed by atoms with van der Waals surface area (Å²) in [5, 5.41) is 8.72. The van der Waals surface area contributed by atoms with Crippen LogP contribution in [0, 0.1) is 29.1 Å². The third-order valence-corrected chi connectivity index (χ3v) is 3.40. The molecule has 0 bridgehead atoms. The van der Waals surface area contributed by atoms with Crippen LogP contribution >= 0.6 is 0 Å². The molecule has 0 heterocycles. The molecule has 0 saturated heterocycles. The summed E-state index contributed by atoms with van der Waals surface area (Å²) < 4.78 is 0. The van der Waals surface area contributed by atoms with Gasteiger partial charge in [0.1, 0.15) is 0 Å². The molecule has 0 spiro atoms. The van der Waals surface area contributed by atoms with Crippen molar-refractivity contribution in [1.82, 2.24) is 0 Å². The van der Waals surface area contributed by atoms with E-state index in [2.05, 4.69) is 19.9 Å². The summed E-state index contributed by atoms with van der Waals surface area (Å²) in [6.07, 6.45) is 6.15. The van der Waals surface area contributed by atoms with Crippen LogP contribution in [0.2, 0.25) is 0 Å². The van der Waals surface area contributed by atoms with Crippen LogP contribution in [-0.2, 0) is 0 Å². The predicted molar refractivity (Wildman–Crippen MR) is 50.5 cm³/mol. The standard InChI is InChI=1S/C11H19N/c1-3-9(2)11-6-4-10(8-12)5-7-11/h9-11H,3-7H2,1-2H3. The zero-order valence-corrected chi connectivity index (χ0v) is 8.21. The Morgan fingerprint density at radius 3 is 2.33 bits per heavy atom. The fourth-order valence-corrected chi connectivity index (χ4v) is 2.15. The van der Waals surface area contributed by atoms with Crippen LogP contribution in [0.1, 0.15) is 46.0 Å². The average Bonchev–Trinajstić information content (AvgIpc) is 2.17. The van der Waals surface area contributed by atoms with Crippen molar-refractivity contribution >= 4 is 0 Å². The normalized spacial score (nSPS) is 32.4. The SMILES string of the molecule is CCC(C)C1CCC(C#N)CC1. The summed E-state index contributed by atoms with van der Waals surface area (Å²) >= 11 is 0. The number of nitrogens with zero attached hydrogens (tertiary/aromatic N) is 1. The molecular formula is C11H19N. The Hall–Kier alpha value is -0.510. The molecule has 0 aliphatic heterocycles. The minimum absolute atomic E-state index is 0.366. The lowest BCUT2D eigenvalue weighted by Crippen LogP contribution is -2.18. The average molecular weight is 165 g/mol. The maximum Gasteiger partial charge on any atom is 0.0655 e. The fraction of sp³-hybridized carbons (Fsp3) is 0.909. The second-order valence-electron chi connectivity index (χ2n) is 4.13. The maximum atomic E-state index is 8.72. The van der Waals surface area contributed by atoms with Gasteiger partial charge in [-0.1, -0.05) is 20.3 Å². The Bertz CT molecular complexity index is 160. The maximum absolute atomic E-state index is 8.72. The Labute approximate surface area is 75.8 Å². The number of nitriles is 1. The van der Waals surface area contributed by atoms with Crippen molar-refractivity contribution in [3.05, 3.63) is 0 Å². The van der Waals surface area contributed by atoms with Crippen LogP contribution < -0.4 is 0 Å². The van der Waals surface area contributed by atoms with E-state index in [0.717, 1.165) is 24.7 Å². The molecule has 1 aliphatic carbocycles.